The Balaban J connectivity index is 1.36. The average molecular weight is 534 g/mol. The van der Waals surface area contributed by atoms with E-state index in [1.54, 1.807) is 43.4 Å². The number of piperazine rings is 1. The van der Waals surface area contributed by atoms with Crippen molar-refractivity contribution in [2.75, 3.05) is 30.4 Å². The molecule has 1 saturated heterocycles. The van der Waals surface area contributed by atoms with E-state index in [-0.39, 0.29) is 23.7 Å². The number of halogens is 1. The van der Waals surface area contributed by atoms with E-state index in [1.807, 2.05) is 6.07 Å². The normalized spacial score (nSPS) is 23.2. The SMILES string of the molecule is COC1CC(Oc2ncc3c(N4CC(C)NC(C)C4)ccc(C(=O)Nc4cc(F)c5nn(C)cc5c4)c3n2)C1. The van der Waals surface area contributed by atoms with E-state index in [4.69, 9.17) is 14.5 Å². The standard InChI is InChI=1S/C28H32FN7O3/c1-15-12-36(13-16(2)31-15)24-6-5-21(26-22(24)11-30-28(33-26)39-20-9-19(10-20)38-4)27(37)32-18-7-17-14-35(3)34-25(17)23(29)8-18/h5-8,11,14-16,19-20,31H,9-10,12-13H2,1-4H3,(H,32,37). The Bertz CT molecular complexity index is 1540. The molecule has 204 valence electrons. The lowest BCUT2D eigenvalue weighted by molar-refractivity contribution is -0.0412. The van der Waals surface area contributed by atoms with Crippen molar-refractivity contribution in [1.82, 2.24) is 25.1 Å². The molecule has 0 spiro atoms. The minimum atomic E-state index is -0.501. The molecule has 6 rings (SSSR count). The van der Waals surface area contributed by atoms with Gasteiger partial charge in [0.15, 0.2) is 5.82 Å². The van der Waals surface area contributed by atoms with E-state index >= 15 is 0 Å². The molecule has 4 aromatic rings. The Labute approximate surface area is 225 Å². The van der Waals surface area contributed by atoms with Crippen molar-refractivity contribution < 1.29 is 18.7 Å². The fourth-order valence-corrected chi connectivity index (χ4v) is 5.57. The lowest BCUT2D eigenvalue weighted by Gasteiger charge is -2.38. The second-order valence-corrected chi connectivity index (χ2v) is 10.6. The maximum atomic E-state index is 14.7. The summed E-state index contributed by atoms with van der Waals surface area (Å²) in [4.78, 5) is 25.1. The highest BCUT2D eigenvalue weighted by atomic mass is 19.1. The van der Waals surface area contributed by atoms with Gasteiger partial charge >= 0.3 is 6.01 Å². The number of nitrogens with one attached hydrogen (secondary N) is 2. The molecule has 1 aliphatic carbocycles. The number of methoxy groups -OCH3 is 1. The summed E-state index contributed by atoms with van der Waals surface area (Å²) in [6.45, 7) is 5.93. The molecule has 39 heavy (non-hydrogen) atoms. The molecule has 1 amide bonds. The van der Waals surface area contributed by atoms with Gasteiger partial charge in [-0.25, -0.2) is 9.37 Å². The number of rotatable bonds is 6. The zero-order valence-electron chi connectivity index (χ0n) is 22.4. The number of nitrogens with zero attached hydrogens (tertiary/aromatic N) is 5. The van der Waals surface area contributed by atoms with Gasteiger partial charge in [-0.2, -0.15) is 10.1 Å². The summed E-state index contributed by atoms with van der Waals surface area (Å²) >= 11 is 0. The van der Waals surface area contributed by atoms with Gasteiger partial charge in [0.25, 0.3) is 5.91 Å². The minimum absolute atomic E-state index is 0.0306. The zero-order chi connectivity index (χ0) is 27.3. The first-order valence-corrected chi connectivity index (χ1v) is 13.2. The molecular formula is C28H32FN7O3. The molecule has 2 aromatic heterocycles. The lowest BCUT2D eigenvalue weighted by Crippen LogP contribution is -2.54. The van der Waals surface area contributed by atoms with Gasteiger partial charge in [-0.3, -0.25) is 9.48 Å². The van der Waals surface area contributed by atoms with Crippen LogP contribution in [-0.4, -0.2) is 70.1 Å². The molecule has 3 heterocycles. The van der Waals surface area contributed by atoms with E-state index < -0.39 is 11.7 Å². The zero-order valence-corrected chi connectivity index (χ0v) is 22.4. The predicted molar refractivity (Wildman–Crippen MR) is 147 cm³/mol. The fraction of sp³-hybridized carbons (Fsp3) is 0.429. The highest BCUT2D eigenvalue weighted by Crippen LogP contribution is 2.33. The molecular weight excluding hydrogens is 501 g/mol. The van der Waals surface area contributed by atoms with Crippen LogP contribution < -0.4 is 20.3 Å². The van der Waals surface area contributed by atoms with Gasteiger partial charge in [-0.05, 0) is 38.1 Å². The van der Waals surface area contributed by atoms with Crippen LogP contribution in [0.1, 0.15) is 37.0 Å². The number of amides is 1. The molecule has 0 bridgehead atoms. The van der Waals surface area contributed by atoms with Crippen molar-refractivity contribution >= 4 is 39.1 Å². The maximum absolute atomic E-state index is 14.7. The molecule has 2 aromatic carbocycles. The van der Waals surface area contributed by atoms with Crippen molar-refractivity contribution in [3.05, 3.63) is 48.0 Å². The third-order valence-corrected chi connectivity index (χ3v) is 7.44. The molecule has 0 radical (unpaired) electrons. The van der Waals surface area contributed by atoms with Crippen LogP contribution in [0.15, 0.2) is 36.7 Å². The van der Waals surface area contributed by atoms with Crippen LogP contribution in [0.25, 0.3) is 21.8 Å². The fourth-order valence-electron chi connectivity index (χ4n) is 5.57. The number of carbonyl (C=O) groups excluding carboxylic acids is 1. The van der Waals surface area contributed by atoms with Crippen LogP contribution in [0.3, 0.4) is 0 Å². The molecule has 2 fully saturated rings. The van der Waals surface area contributed by atoms with Gasteiger partial charge in [-0.15, -0.1) is 0 Å². The molecule has 2 aliphatic rings. The molecule has 1 saturated carbocycles. The van der Waals surface area contributed by atoms with Crippen LogP contribution in [0, 0.1) is 5.82 Å². The highest BCUT2D eigenvalue weighted by molar-refractivity contribution is 6.14. The van der Waals surface area contributed by atoms with Gasteiger partial charge in [0.1, 0.15) is 11.6 Å². The number of aromatic nitrogens is 4. The molecule has 2 unspecified atom stereocenters. The van der Waals surface area contributed by atoms with Crippen LogP contribution >= 0.6 is 0 Å². The van der Waals surface area contributed by atoms with Gasteiger partial charge < -0.3 is 25.0 Å². The monoisotopic (exact) mass is 533 g/mol. The third kappa shape index (κ3) is 4.99. The number of anilines is 2. The van der Waals surface area contributed by atoms with E-state index in [0.29, 0.717) is 34.2 Å². The summed E-state index contributed by atoms with van der Waals surface area (Å²) in [5, 5.41) is 11.9. The summed E-state index contributed by atoms with van der Waals surface area (Å²) in [6, 6.07) is 7.52. The van der Waals surface area contributed by atoms with E-state index in [9.17, 15) is 9.18 Å². The predicted octanol–water partition coefficient (Wildman–Crippen LogP) is 3.65. The first-order chi connectivity index (χ1) is 18.8. The first-order valence-electron chi connectivity index (χ1n) is 13.2. The molecule has 1 aliphatic heterocycles. The average Bonchev–Trinajstić information content (AvgIpc) is 3.25. The van der Waals surface area contributed by atoms with Gasteiger partial charge in [-0.1, -0.05) is 0 Å². The Hall–Kier alpha value is -3.83. The Kier molecular flexibility index (Phi) is 6.56. The Morgan fingerprint density at radius 2 is 1.90 bits per heavy atom. The number of aryl methyl sites for hydroxylation is 1. The largest absolute Gasteiger partial charge is 0.460 e. The second-order valence-electron chi connectivity index (χ2n) is 10.6. The third-order valence-electron chi connectivity index (χ3n) is 7.44. The van der Waals surface area contributed by atoms with Gasteiger partial charge in [0.05, 0.1) is 17.2 Å². The summed E-state index contributed by atoms with van der Waals surface area (Å²) < 4.78 is 27.6. The first kappa shape index (κ1) is 25.4. The maximum Gasteiger partial charge on any atom is 0.317 e. The summed E-state index contributed by atoms with van der Waals surface area (Å²) in [7, 11) is 3.42. The molecule has 2 N–H and O–H groups in total. The topological polar surface area (TPSA) is 106 Å². The second kappa shape index (κ2) is 10.0. The van der Waals surface area contributed by atoms with Crippen molar-refractivity contribution in [3.8, 4) is 6.01 Å². The van der Waals surface area contributed by atoms with Crippen LogP contribution in [0.5, 0.6) is 6.01 Å². The van der Waals surface area contributed by atoms with Crippen molar-refractivity contribution in [2.24, 2.45) is 7.05 Å². The Morgan fingerprint density at radius 3 is 2.64 bits per heavy atom. The minimum Gasteiger partial charge on any atom is -0.460 e. The number of hydrogen-bond donors (Lipinski definition) is 2. The smallest absolute Gasteiger partial charge is 0.317 e. The highest BCUT2D eigenvalue weighted by Gasteiger charge is 2.32. The quantitative estimate of drug-likeness (QED) is 0.387. The van der Waals surface area contributed by atoms with Gasteiger partial charge in [0.2, 0.25) is 0 Å². The van der Waals surface area contributed by atoms with Crippen LogP contribution in [-0.2, 0) is 11.8 Å². The van der Waals surface area contributed by atoms with Crippen molar-refractivity contribution in [1.29, 1.82) is 0 Å². The summed E-state index contributed by atoms with van der Waals surface area (Å²) in [5.41, 5.74) is 2.39. The number of benzene rings is 2. The number of hydrogen-bond acceptors (Lipinski definition) is 8. The van der Waals surface area contributed by atoms with Gasteiger partial charge in [0, 0.05) is 86.7 Å². The Morgan fingerprint density at radius 1 is 1.13 bits per heavy atom. The van der Waals surface area contributed by atoms with E-state index in [0.717, 1.165) is 37.0 Å². The van der Waals surface area contributed by atoms with Crippen LogP contribution in [0.2, 0.25) is 0 Å². The number of carbonyl (C=O) groups is 1. The summed E-state index contributed by atoms with van der Waals surface area (Å²) in [5.74, 6) is -0.901. The lowest BCUT2D eigenvalue weighted by atomic mass is 9.92. The van der Waals surface area contributed by atoms with Crippen molar-refractivity contribution in [3.63, 3.8) is 0 Å². The number of fused-ring (bicyclic) bond motifs is 2. The molecule has 10 nitrogen and oxygen atoms in total. The molecule has 2 atom stereocenters. The van der Waals surface area contributed by atoms with E-state index in [1.165, 1.54) is 6.07 Å². The summed E-state index contributed by atoms with van der Waals surface area (Å²) in [6.07, 6.45) is 5.12. The number of ether oxygens (including phenoxy) is 2. The van der Waals surface area contributed by atoms with E-state index in [2.05, 4.69) is 39.5 Å². The van der Waals surface area contributed by atoms with Crippen LogP contribution in [0.4, 0.5) is 15.8 Å². The van der Waals surface area contributed by atoms with Crippen molar-refractivity contribution in [2.45, 2.75) is 51.0 Å². The molecule has 11 heteroatoms.